The lowest BCUT2D eigenvalue weighted by Crippen LogP contribution is -2.03. The van der Waals surface area contributed by atoms with Gasteiger partial charge in [-0.15, -0.1) is 0 Å². The summed E-state index contributed by atoms with van der Waals surface area (Å²) in [5, 5.41) is 8.85. The first kappa shape index (κ1) is 13.7. The first-order valence-corrected chi connectivity index (χ1v) is 7.08. The third-order valence-electron chi connectivity index (χ3n) is 3.70. The Hall–Kier alpha value is -2.26. The molecule has 3 rings (SSSR count). The van der Waals surface area contributed by atoms with Crippen LogP contribution in [-0.2, 0) is 4.74 Å². The summed E-state index contributed by atoms with van der Waals surface area (Å²) in [6.07, 6.45) is 1.87. The second-order valence-electron chi connectivity index (χ2n) is 5.12. The summed E-state index contributed by atoms with van der Waals surface area (Å²) in [5.41, 5.74) is 4.26. The summed E-state index contributed by atoms with van der Waals surface area (Å²) in [7, 11) is 1.70. The van der Waals surface area contributed by atoms with Gasteiger partial charge < -0.3 is 4.74 Å². The third-order valence-corrected chi connectivity index (χ3v) is 3.70. The predicted octanol–water partition coefficient (Wildman–Crippen LogP) is 4.94. The maximum absolute atomic E-state index is 5.66. The first-order valence-electron chi connectivity index (χ1n) is 7.08. The fourth-order valence-electron chi connectivity index (χ4n) is 2.61. The summed E-state index contributed by atoms with van der Waals surface area (Å²) < 4.78 is 5.66. The zero-order valence-corrected chi connectivity index (χ0v) is 12.2. The van der Waals surface area contributed by atoms with E-state index in [-0.39, 0.29) is 12.1 Å². The highest BCUT2D eigenvalue weighted by Crippen LogP contribution is 2.34. The van der Waals surface area contributed by atoms with Crippen molar-refractivity contribution in [1.82, 2.24) is 0 Å². The number of hydrogen-bond donors (Lipinski definition) is 0. The van der Waals surface area contributed by atoms with Gasteiger partial charge in [-0.05, 0) is 29.7 Å². The molecule has 0 fully saturated rings. The molecule has 0 saturated carbocycles. The van der Waals surface area contributed by atoms with Crippen molar-refractivity contribution in [3.8, 4) is 0 Å². The second-order valence-corrected chi connectivity index (χ2v) is 5.12. The quantitative estimate of drug-likeness (QED) is 0.782. The molecular formula is C18H18N2O. The Labute approximate surface area is 125 Å². The molecular weight excluding hydrogens is 260 g/mol. The van der Waals surface area contributed by atoms with Crippen molar-refractivity contribution in [2.45, 2.75) is 19.1 Å². The van der Waals surface area contributed by atoms with E-state index >= 15 is 0 Å². The average Bonchev–Trinajstić information content (AvgIpc) is 2.69. The zero-order chi connectivity index (χ0) is 14.7. The zero-order valence-electron chi connectivity index (χ0n) is 12.2. The molecule has 1 heterocycles. The van der Waals surface area contributed by atoms with Crippen LogP contribution in [0, 0.1) is 0 Å². The Morgan fingerprint density at radius 1 is 1.00 bits per heavy atom. The molecule has 2 aromatic rings. The number of fused-ring (bicyclic) bond motifs is 1. The van der Waals surface area contributed by atoms with Gasteiger partial charge in [0, 0.05) is 7.11 Å². The van der Waals surface area contributed by atoms with Crippen LogP contribution in [-0.4, -0.2) is 7.11 Å². The van der Waals surface area contributed by atoms with E-state index in [4.69, 9.17) is 4.74 Å². The predicted molar refractivity (Wildman–Crippen MR) is 83.9 cm³/mol. The van der Waals surface area contributed by atoms with Gasteiger partial charge in [-0.1, -0.05) is 54.6 Å². The highest BCUT2D eigenvalue weighted by atomic mass is 16.5. The molecule has 21 heavy (non-hydrogen) atoms. The van der Waals surface area contributed by atoms with Gasteiger partial charge >= 0.3 is 0 Å². The summed E-state index contributed by atoms with van der Waals surface area (Å²) in [5.74, 6) is 0. The number of azo groups is 1. The molecule has 0 unspecified atom stereocenters. The summed E-state index contributed by atoms with van der Waals surface area (Å²) in [6, 6.07) is 18.4. The smallest absolute Gasteiger partial charge is 0.126 e. The normalized spacial score (nSPS) is 18.6. The molecule has 0 amide bonds. The first-order chi connectivity index (χ1) is 10.3. The van der Waals surface area contributed by atoms with Gasteiger partial charge in [0.25, 0.3) is 0 Å². The lowest BCUT2D eigenvalue weighted by atomic mass is 9.99. The van der Waals surface area contributed by atoms with Crippen LogP contribution in [0.5, 0.6) is 0 Å². The molecule has 106 valence electrons. The number of hydrogen-bond acceptors (Lipinski definition) is 3. The number of nitrogens with zero attached hydrogens (tertiary/aromatic N) is 2. The highest BCUT2D eigenvalue weighted by molar-refractivity contribution is 5.59. The molecule has 0 aromatic heterocycles. The van der Waals surface area contributed by atoms with Gasteiger partial charge in [0.1, 0.15) is 6.10 Å². The van der Waals surface area contributed by atoms with Crippen LogP contribution in [0.3, 0.4) is 0 Å². The number of rotatable bonds is 3. The van der Waals surface area contributed by atoms with E-state index in [1.807, 2.05) is 42.5 Å². The second kappa shape index (κ2) is 6.02. The Bertz CT molecular complexity index is 677. The van der Waals surface area contributed by atoms with Crippen molar-refractivity contribution in [3.63, 3.8) is 0 Å². The standard InChI is InChI=1S/C18H18N2O/c1-13-16-11-7-6-10-15(16)12-17(20-19-13)18(21-2)14-8-4-3-5-9-14/h3-13,18H,1-2H3/t13-,18-/m1/s1. The van der Waals surface area contributed by atoms with Crippen molar-refractivity contribution in [1.29, 1.82) is 0 Å². The molecule has 0 radical (unpaired) electrons. The monoisotopic (exact) mass is 278 g/mol. The minimum atomic E-state index is -0.201. The topological polar surface area (TPSA) is 34.0 Å². The summed E-state index contributed by atoms with van der Waals surface area (Å²) >= 11 is 0. The van der Waals surface area contributed by atoms with E-state index in [2.05, 4.69) is 35.4 Å². The summed E-state index contributed by atoms with van der Waals surface area (Å²) in [6.45, 7) is 2.06. The van der Waals surface area contributed by atoms with Crippen molar-refractivity contribution in [2.75, 3.05) is 7.11 Å². The van der Waals surface area contributed by atoms with E-state index < -0.39 is 0 Å². The van der Waals surface area contributed by atoms with E-state index in [9.17, 15) is 0 Å². The molecule has 3 nitrogen and oxygen atoms in total. The molecule has 3 heteroatoms. The number of methoxy groups -OCH3 is 1. The Morgan fingerprint density at radius 3 is 2.48 bits per heavy atom. The molecule has 0 saturated heterocycles. The minimum Gasteiger partial charge on any atom is -0.370 e. The van der Waals surface area contributed by atoms with Crippen LogP contribution in [0.15, 0.2) is 70.5 Å². The van der Waals surface area contributed by atoms with Gasteiger partial charge in [-0.25, -0.2) is 0 Å². The van der Waals surface area contributed by atoms with Crippen molar-refractivity contribution < 1.29 is 4.74 Å². The van der Waals surface area contributed by atoms with Crippen LogP contribution in [0.1, 0.15) is 35.8 Å². The fourth-order valence-corrected chi connectivity index (χ4v) is 2.61. The van der Waals surface area contributed by atoms with E-state index in [1.54, 1.807) is 7.11 Å². The average molecular weight is 278 g/mol. The lowest BCUT2D eigenvalue weighted by Gasteiger charge is -2.15. The van der Waals surface area contributed by atoms with Crippen molar-refractivity contribution in [3.05, 3.63) is 77.0 Å². The molecule has 0 spiro atoms. The molecule has 0 bridgehead atoms. The molecule has 1 aliphatic heterocycles. The SMILES string of the molecule is CO[C@@H](C1=Cc2ccccc2[C@@H](C)N=N1)c1ccccc1. The molecule has 0 aliphatic carbocycles. The third kappa shape index (κ3) is 2.78. The van der Waals surface area contributed by atoms with Crippen molar-refractivity contribution in [2.24, 2.45) is 10.2 Å². The number of ether oxygens (including phenoxy) is 1. The van der Waals surface area contributed by atoms with Crippen LogP contribution < -0.4 is 0 Å². The Kier molecular flexibility index (Phi) is 3.93. The van der Waals surface area contributed by atoms with Crippen molar-refractivity contribution >= 4 is 6.08 Å². The molecule has 0 N–H and O–H groups in total. The van der Waals surface area contributed by atoms with E-state index in [0.717, 1.165) is 16.8 Å². The van der Waals surface area contributed by atoms with Crippen LogP contribution >= 0.6 is 0 Å². The van der Waals surface area contributed by atoms with Gasteiger partial charge in [0.15, 0.2) is 0 Å². The van der Waals surface area contributed by atoms with Crippen LogP contribution in [0.4, 0.5) is 0 Å². The lowest BCUT2D eigenvalue weighted by molar-refractivity contribution is 0.132. The Morgan fingerprint density at radius 2 is 1.71 bits per heavy atom. The molecule has 2 aromatic carbocycles. The molecule has 1 aliphatic rings. The van der Waals surface area contributed by atoms with Crippen LogP contribution in [0.25, 0.3) is 6.08 Å². The van der Waals surface area contributed by atoms with Gasteiger partial charge in [-0.3, -0.25) is 0 Å². The van der Waals surface area contributed by atoms with E-state index in [0.29, 0.717) is 0 Å². The van der Waals surface area contributed by atoms with Gasteiger partial charge in [-0.2, -0.15) is 10.2 Å². The highest BCUT2D eigenvalue weighted by Gasteiger charge is 2.20. The van der Waals surface area contributed by atoms with Gasteiger partial charge in [0.05, 0.1) is 11.7 Å². The minimum absolute atomic E-state index is 0.0585. The maximum Gasteiger partial charge on any atom is 0.126 e. The Balaban J connectivity index is 2.05. The van der Waals surface area contributed by atoms with Gasteiger partial charge in [0.2, 0.25) is 0 Å². The largest absolute Gasteiger partial charge is 0.370 e. The number of benzene rings is 2. The fraction of sp³-hybridized carbons (Fsp3) is 0.222. The maximum atomic E-state index is 5.66. The molecule has 2 atom stereocenters. The van der Waals surface area contributed by atoms with Crippen LogP contribution in [0.2, 0.25) is 0 Å². The van der Waals surface area contributed by atoms with E-state index in [1.165, 1.54) is 5.56 Å². The summed E-state index contributed by atoms with van der Waals surface area (Å²) in [4.78, 5) is 0.